The molecule has 26 heavy (non-hydrogen) atoms. The van der Waals surface area contributed by atoms with E-state index in [-0.39, 0.29) is 16.5 Å². The lowest BCUT2D eigenvalue weighted by atomic mass is 10.00. The van der Waals surface area contributed by atoms with Crippen LogP contribution in [0.15, 0.2) is 53.4 Å². The second-order valence-electron chi connectivity index (χ2n) is 6.29. The number of ether oxygens (including phenoxy) is 1. The first-order valence-corrected chi connectivity index (χ1v) is 10.1. The second-order valence-corrected chi connectivity index (χ2v) is 9.23. The van der Waals surface area contributed by atoms with Gasteiger partial charge >= 0.3 is 0 Å². The van der Waals surface area contributed by atoms with Gasteiger partial charge in [0.2, 0.25) is 0 Å². The summed E-state index contributed by atoms with van der Waals surface area (Å²) in [5.41, 5.74) is 5.57. The van der Waals surface area contributed by atoms with Gasteiger partial charge in [-0.1, -0.05) is 36.0 Å². The highest BCUT2D eigenvalue weighted by atomic mass is 35.5. The van der Waals surface area contributed by atoms with E-state index in [4.69, 9.17) is 34.3 Å². The molecule has 3 atom stereocenters. The molecule has 0 radical (unpaired) electrons. The summed E-state index contributed by atoms with van der Waals surface area (Å²) in [6, 6.07) is 11.6. The van der Waals surface area contributed by atoms with Gasteiger partial charge in [0.05, 0.1) is 27.2 Å². The van der Waals surface area contributed by atoms with Crippen molar-refractivity contribution in [3.05, 3.63) is 64.9 Å². The molecule has 138 valence electrons. The van der Waals surface area contributed by atoms with Gasteiger partial charge in [-0.25, -0.2) is 12.8 Å². The van der Waals surface area contributed by atoms with Crippen LogP contribution in [0.2, 0.25) is 5.02 Å². The van der Waals surface area contributed by atoms with E-state index in [9.17, 15) is 12.8 Å². The van der Waals surface area contributed by atoms with Gasteiger partial charge in [0, 0.05) is 18.1 Å². The van der Waals surface area contributed by atoms with Gasteiger partial charge < -0.3 is 10.5 Å². The van der Waals surface area contributed by atoms with Gasteiger partial charge in [0.15, 0.2) is 9.84 Å². The molecule has 0 unspecified atom stereocenters. The number of benzene rings is 2. The van der Waals surface area contributed by atoms with Crippen molar-refractivity contribution in [1.29, 1.82) is 0 Å². The topological polar surface area (TPSA) is 69.4 Å². The Labute approximate surface area is 162 Å². The molecule has 4 nitrogen and oxygen atoms in total. The predicted octanol–water partition coefficient (Wildman–Crippen LogP) is 3.34. The molecule has 0 bridgehead atoms. The maximum Gasteiger partial charge on any atom is 0.182 e. The number of nitrogens with two attached hydrogens (primary N) is 1. The number of hydrogen-bond donors (Lipinski definition) is 1. The van der Waals surface area contributed by atoms with Crippen LogP contribution in [0, 0.1) is 11.2 Å². The quantitative estimate of drug-likeness (QED) is 0.735. The normalized spacial score (nSPS) is 25.0. The van der Waals surface area contributed by atoms with E-state index >= 15 is 0 Å². The fraction of sp³-hybridized carbons (Fsp3) is 0.278. The Morgan fingerprint density at radius 3 is 2.31 bits per heavy atom. The molecule has 1 saturated carbocycles. The SMILES string of the molecule is COC[C@]1(C(N)=S)[C@H](c2ccc(F)cc2)[C@@H]1S(=O)(=O)c1ccc(Cl)cc1. The lowest BCUT2D eigenvalue weighted by Gasteiger charge is -2.16. The van der Waals surface area contributed by atoms with E-state index in [1.165, 1.54) is 43.5 Å². The molecule has 1 aliphatic rings. The average molecular weight is 414 g/mol. The molecular weight excluding hydrogens is 397 g/mol. The zero-order valence-corrected chi connectivity index (χ0v) is 16.2. The van der Waals surface area contributed by atoms with Gasteiger partial charge in [0.25, 0.3) is 0 Å². The number of rotatable bonds is 6. The van der Waals surface area contributed by atoms with Gasteiger partial charge in [-0.05, 0) is 42.0 Å². The third kappa shape index (κ3) is 3.03. The lowest BCUT2D eigenvalue weighted by Crippen LogP contribution is -2.33. The van der Waals surface area contributed by atoms with Crippen LogP contribution in [0.4, 0.5) is 4.39 Å². The minimum Gasteiger partial charge on any atom is -0.393 e. The van der Waals surface area contributed by atoms with Gasteiger partial charge in [0.1, 0.15) is 5.82 Å². The van der Waals surface area contributed by atoms with Crippen LogP contribution >= 0.6 is 23.8 Å². The van der Waals surface area contributed by atoms with E-state index in [0.717, 1.165) is 0 Å². The minimum absolute atomic E-state index is 0.0574. The molecule has 0 aromatic heterocycles. The first kappa shape index (κ1) is 19.2. The second kappa shape index (κ2) is 6.88. The zero-order chi connectivity index (χ0) is 19.1. The summed E-state index contributed by atoms with van der Waals surface area (Å²) in [6.45, 7) is 0.0574. The van der Waals surface area contributed by atoms with Crippen molar-refractivity contribution in [1.82, 2.24) is 0 Å². The third-order valence-electron chi connectivity index (χ3n) is 4.80. The van der Waals surface area contributed by atoms with Crippen molar-refractivity contribution >= 4 is 38.6 Å². The highest BCUT2D eigenvalue weighted by Gasteiger charge is 2.73. The smallest absolute Gasteiger partial charge is 0.182 e. The summed E-state index contributed by atoms with van der Waals surface area (Å²) in [5.74, 6) is -0.916. The maximum absolute atomic E-state index is 13.3. The van der Waals surface area contributed by atoms with E-state index in [1.54, 1.807) is 12.1 Å². The molecular formula is C18H17ClFNO3S2. The summed E-state index contributed by atoms with van der Waals surface area (Å²) < 4.78 is 45.1. The first-order chi connectivity index (χ1) is 12.2. The fourth-order valence-electron chi connectivity index (χ4n) is 3.55. The largest absolute Gasteiger partial charge is 0.393 e. The number of hydrogen-bond acceptors (Lipinski definition) is 4. The Hall–Kier alpha value is -1.54. The van der Waals surface area contributed by atoms with Crippen LogP contribution in [0.5, 0.6) is 0 Å². The Balaban J connectivity index is 2.11. The van der Waals surface area contributed by atoms with Crippen LogP contribution in [0.3, 0.4) is 0 Å². The van der Waals surface area contributed by atoms with E-state index < -0.39 is 32.2 Å². The summed E-state index contributed by atoms with van der Waals surface area (Å²) in [5, 5.41) is -0.452. The molecule has 0 heterocycles. The zero-order valence-electron chi connectivity index (χ0n) is 13.9. The summed E-state index contributed by atoms with van der Waals surface area (Å²) in [4.78, 5) is 0.199. The van der Waals surface area contributed by atoms with E-state index in [2.05, 4.69) is 0 Å². The molecule has 0 spiro atoms. The van der Waals surface area contributed by atoms with Gasteiger partial charge in [-0.15, -0.1) is 0 Å². The van der Waals surface area contributed by atoms with Crippen LogP contribution in [0.25, 0.3) is 0 Å². The van der Waals surface area contributed by atoms with Crippen LogP contribution in [-0.4, -0.2) is 32.4 Å². The molecule has 2 aromatic rings. The van der Waals surface area contributed by atoms with Crippen molar-refractivity contribution in [3.8, 4) is 0 Å². The molecule has 3 rings (SSSR count). The molecule has 1 aliphatic carbocycles. The minimum atomic E-state index is -3.76. The molecule has 2 N–H and O–H groups in total. The summed E-state index contributed by atoms with van der Waals surface area (Å²) in [7, 11) is -2.30. The Morgan fingerprint density at radius 2 is 1.81 bits per heavy atom. The highest BCUT2D eigenvalue weighted by molar-refractivity contribution is 7.92. The Morgan fingerprint density at radius 1 is 1.23 bits per heavy atom. The molecule has 0 saturated heterocycles. The highest BCUT2D eigenvalue weighted by Crippen LogP contribution is 2.64. The summed E-state index contributed by atoms with van der Waals surface area (Å²) >= 11 is 11.1. The fourth-order valence-corrected chi connectivity index (χ4v) is 6.45. The summed E-state index contributed by atoms with van der Waals surface area (Å²) in [6.07, 6.45) is 0. The van der Waals surface area contributed by atoms with Crippen molar-refractivity contribution in [3.63, 3.8) is 0 Å². The van der Waals surface area contributed by atoms with Crippen molar-refractivity contribution in [2.45, 2.75) is 16.1 Å². The Bertz CT molecular complexity index is 932. The molecule has 8 heteroatoms. The molecule has 0 amide bonds. The molecule has 2 aromatic carbocycles. The number of thiocarbonyl (C=S) groups is 1. The van der Waals surface area contributed by atoms with Gasteiger partial charge in [-0.3, -0.25) is 0 Å². The predicted molar refractivity (Wildman–Crippen MR) is 103 cm³/mol. The number of halogens is 2. The van der Waals surface area contributed by atoms with Crippen molar-refractivity contribution in [2.75, 3.05) is 13.7 Å². The van der Waals surface area contributed by atoms with Crippen LogP contribution in [-0.2, 0) is 14.6 Å². The lowest BCUT2D eigenvalue weighted by molar-refractivity contribution is 0.166. The number of sulfone groups is 1. The third-order valence-corrected chi connectivity index (χ3v) is 7.73. The van der Waals surface area contributed by atoms with E-state index in [1.807, 2.05) is 0 Å². The van der Waals surface area contributed by atoms with E-state index in [0.29, 0.717) is 10.6 Å². The average Bonchev–Trinajstić information content (AvgIpc) is 3.27. The van der Waals surface area contributed by atoms with Gasteiger partial charge in [-0.2, -0.15) is 0 Å². The van der Waals surface area contributed by atoms with Crippen molar-refractivity contribution < 1.29 is 17.5 Å². The first-order valence-electron chi connectivity index (χ1n) is 7.79. The molecule has 0 aliphatic heterocycles. The monoisotopic (exact) mass is 413 g/mol. The maximum atomic E-state index is 13.3. The Kier molecular flexibility index (Phi) is 5.09. The van der Waals surface area contributed by atoms with Crippen LogP contribution in [0.1, 0.15) is 11.5 Å². The van der Waals surface area contributed by atoms with Crippen LogP contribution < -0.4 is 5.73 Å². The molecule has 1 fully saturated rings. The van der Waals surface area contributed by atoms with Crippen molar-refractivity contribution in [2.24, 2.45) is 11.1 Å². The standard InChI is InChI=1S/C18H17ClFNO3S2/c1-24-10-18(17(21)25)15(11-2-6-13(20)7-3-11)16(18)26(22,23)14-8-4-12(19)5-9-14/h2-9,15-16H,10H2,1H3,(H2,21,25)/t15-,16+,18+/m1/s1. The number of methoxy groups -OCH3 is 1.